The van der Waals surface area contributed by atoms with E-state index in [1.165, 1.54) is 16.9 Å². The van der Waals surface area contributed by atoms with E-state index in [2.05, 4.69) is 12.1 Å². The Balaban J connectivity index is 1.80. The molecule has 0 radical (unpaired) electrons. The maximum absolute atomic E-state index is 12.7. The van der Waals surface area contributed by atoms with Crippen LogP contribution >= 0.6 is 11.3 Å². The van der Waals surface area contributed by atoms with Gasteiger partial charge in [0.05, 0.1) is 17.0 Å². The third kappa shape index (κ3) is 3.01. The van der Waals surface area contributed by atoms with Crippen LogP contribution in [0.5, 0.6) is 0 Å². The van der Waals surface area contributed by atoms with Gasteiger partial charge in [-0.3, -0.25) is 4.79 Å². The van der Waals surface area contributed by atoms with Gasteiger partial charge in [0.2, 0.25) is 0 Å². The molecule has 1 saturated heterocycles. The fourth-order valence-corrected chi connectivity index (χ4v) is 3.67. The number of carbonyl (C=O) groups is 1. The Kier molecular flexibility index (Phi) is 4.36. The summed E-state index contributed by atoms with van der Waals surface area (Å²) in [6.07, 6.45) is 1.87. The van der Waals surface area contributed by atoms with E-state index < -0.39 is 0 Å². The van der Waals surface area contributed by atoms with E-state index in [4.69, 9.17) is 4.74 Å². The molecule has 3 nitrogen and oxygen atoms in total. The minimum atomic E-state index is 0.118. The number of likely N-dealkylation sites (tertiary alicyclic amines) is 1. The summed E-state index contributed by atoms with van der Waals surface area (Å²) in [6, 6.07) is 14.3. The lowest BCUT2D eigenvalue weighted by Gasteiger charge is -2.27. The van der Waals surface area contributed by atoms with Crippen molar-refractivity contribution >= 4 is 17.2 Å². The van der Waals surface area contributed by atoms with E-state index in [9.17, 15) is 4.79 Å². The third-order valence-electron chi connectivity index (χ3n) is 4.07. The number of methoxy groups -OCH3 is 1. The highest BCUT2D eigenvalue weighted by Gasteiger charge is 2.37. The Morgan fingerprint density at radius 3 is 2.76 bits per heavy atom. The highest BCUT2D eigenvalue weighted by molar-refractivity contribution is 7.12. The molecule has 0 bridgehead atoms. The summed E-state index contributed by atoms with van der Waals surface area (Å²) < 4.78 is 5.60. The quantitative estimate of drug-likeness (QED) is 0.868. The second-order valence-corrected chi connectivity index (χ2v) is 6.24. The Bertz CT molecular complexity index is 582. The predicted molar refractivity (Wildman–Crippen MR) is 84.7 cm³/mol. The molecule has 2 atom stereocenters. The van der Waals surface area contributed by atoms with E-state index in [1.807, 2.05) is 40.6 Å². The van der Waals surface area contributed by atoms with Gasteiger partial charge in [-0.2, -0.15) is 0 Å². The molecule has 1 aromatic carbocycles. The molecule has 110 valence electrons. The van der Waals surface area contributed by atoms with Gasteiger partial charge in [-0.1, -0.05) is 36.4 Å². The van der Waals surface area contributed by atoms with Crippen molar-refractivity contribution in [3.8, 4) is 0 Å². The molecule has 1 amide bonds. The molecule has 0 unspecified atom stereocenters. The zero-order chi connectivity index (χ0) is 14.7. The second-order valence-electron chi connectivity index (χ2n) is 5.30. The largest absolute Gasteiger partial charge is 0.379 e. The number of hydrogen-bond donors (Lipinski definition) is 0. The first-order chi connectivity index (χ1) is 10.3. The molecule has 1 fully saturated rings. The first-order valence-corrected chi connectivity index (χ1v) is 8.08. The van der Waals surface area contributed by atoms with Crippen LogP contribution in [0.25, 0.3) is 0 Å². The van der Waals surface area contributed by atoms with Crippen molar-refractivity contribution in [3.05, 3.63) is 58.3 Å². The topological polar surface area (TPSA) is 29.5 Å². The number of nitrogens with zero attached hydrogens (tertiary/aromatic N) is 1. The predicted octanol–water partition coefficient (Wildman–Crippen LogP) is 3.22. The molecule has 21 heavy (non-hydrogen) atoms. The molecule has 1 aliphatic heterocycles. The third-order valence-corrected chi connectivity index (χ3v) is 4.93. The highest BCUT2D eigenvalue weighted by atomic mass is 32.1. The Morgan fingerprint density at radius 2 is 2.10 bits per heavy atom. The first kappa shape index (κ1) is 14.3. The van der Waals surface area contributed by atoms with Gasteiger partial charge in [-0.05, 0) is 29.9 Å². The van der Waals surface area contributed by atoms with E-state index in [-0.39, 0.29) is 18.1 Å². The number of thiophene rings is 1. The van der Waals surface area contributed by atoms with Crippen LogP contribution in [0.15, 0.2) is 47.8 Å². The number of rotatable bonds is 4. The minimum absolute atomic E-state index is 0.118. The van der Waals surface area contributed by atoms with Crippen LogP contribution in [0.3, 0.4) is 0 Å². The van der Waals surface area contributed by atoms with Crippen LogP contribution < -0.4 is 0 Å². The molecule has 1 aliphatic rings. The van der Waals surface area contributed by atoms with Crippen molar-refractivity contribution in [1.82, 2.24) is 4.90 Å². The standard InChI is InChI=1S/C17H19NO2S/c1-20-15-9-10-18(17(19)16-8-5-11-21-16)14(15)12-13-6-3-2-4-7-13/h2-8,11,14-15H,9-10,12H2,1H3/t14-,15-/m0/s1. The molecule has 0 spiro atoms. The Morgan fingerprint density at radius 1 is 1.29 bits per heavy atom. The van der Waals surface area contributed by atoms with Crippen LogP contribution in [-0.2, 0) is 11.2 Å². The SMILES string of the molecule is CO[C@H]1CCN(C(=O)c2cccs2)[C@H]1Cc1ccccc1. The first-order valence-electron chi connectivity index (χ1n) is 7.21. The summed E-state index contributed by atoms with van der Waals surface area (Å²) >= 11 is 1.50. The zero-order valence-corrected chi connectivity index (χ0v) is 12.9. The summed E-state index contributed by atoms with van der Waals surface area (Å²) in [4.78, 5) is 15.4. The second kappa shape index (κ2) is 6.41. The van der Waals surface area contributed by atoms with Crippen molar-refractivity contribution in [2.45, 2.75) is 25.0 Å². The van der Waals surface area contributed by atoms with Crippen LogP contribution in [0.2, 0.25) is 0 Å². The lowest BCUT2D eigenvalue weighted by Crippen LogP contribution is -2.41. The number of ether oxygens (including phenoxy) is 1. The summed E-state index contributed by atoms with van der Waals surface area (Å²) in [7, 11) is 1.74. The van der Waals surface area contributed by atoms with Crippen molar-refractivity contribution < 1.29 is 9.53 Å². The fourth-order valence-electron chi connectivity index (χ4n) is 2.99. The maximum atomic E-state index is 12.7. The van der Waals surface area contributed by atoms with E-state index in [0.29, 0.717) is 0 Å². The van der Waals surface area contributed by atoms with Gasteiger partial charge in [0, 0.05) is 13.7 Å². The summed E-state index contributed by atoms with van der Waals surface area (Å²) in [5, 5.41) is 1.95. The van der Waals surface area contributed by atoms with Gasteiger partial charge in [0.25, 0.3) is 5.91 Å². The fraction of sp³-hybridized carbons (Fsp3) is 0.353. The lowest BCUT2D eigenvalue weighted by atomic mass is 10.0. The summed E-state index contributed by atoms with van der Waals surface area (Å²) in [5.41, 5.74) is 1.25. The molecule has 4 heteroatoms. The van der Waals surface area contributed by atoms with Crippen molar-refractivity contribution in [3.63, 3.8) is 0 Å². The zero-order valence-electron chi connectivity index (χ0n) is 12.1. The van der Waals surface area contributed by atoms with Crippen molar-refractivity contribution in [1.29, 1.82) is 0 Å². The van der Waals surface area contributed by atoms with E-state index in [0.717, 1.165) is 24.3 Å². The van der Waals surface area contributed by atoms with Crippen LogP contribution in [-0.4, -0.2) is 36.6 Å². The molecule has 3 rings (SSSR count). The van der Waals surface area contributed by atoms with E-state index in [1.54, 1.807) is 7.11 Å². The molecule has 0 saturated carbocycles. The number of carbonyl (C=O) groups excluding carboxylic acids is 1. The van der Waals surface area contributed by atoms with Crippen LogP contribution in [0, 0.1) is 0 Å². The van der Waals surface area contributed by atoms with Gasteiger partial charge < -0.3 is 9.64 Å². The van der Waals surface area contributed by atoms with Crippen LogP contribution in [0.1, 0.15) is 21.7 Å². The average Bonchev–Trinajstić information content (AvgIpc) is 3.17. The van der Waals surface area contributed by atoms with Crippen LogP contribution in [0.4, 0.5) is 0 Å². The van der Waals surface area contributed by atoms with Crippen molar-refractivity contribution in [2.75, 3.05) is 13.7 Å². The molecular weight excluding hydrogens is 282 g/mol. The normalized spacial score (nSPS) is 21.7. The number of hydrogen-bond acceptors (Lipinski definition) is 3. The van der Waals surface area contributed by atoms with Gasteiger partial charge in [-0.25, -0.2) is 0 Å². The Labute approximate surface area is 129 Å². The van der Waals surface area contributed by atoms with Gasteiger partial charge in [0.1, 0.15) is 0 Å². The monoisotopic (exact) mass is 301 g/mol. The molecular formula is C17H19NO2S. The maximum Gasteiger partial charge on any atom is 0.264 e. The highest BCUT2D eigenvalue weighted by Crippen LogP contribution is 2.26. The Hall–Kier alpha value is -1.65. The van der Waals surface area contributed by atoms with Crippen molar-refractivity contribution in [2.24, 2.45) is 0 Å². The molecule has 2 aromatic rings. The molecule has 0 N–H and O–H groups in total. The van der Waals surface area contributed by atoms with Gasteiger partial charge in [0.15, 0.2) is 0 Å². The summed E-state index contributed by atoms with van der Waals surface area (Å²) in [5.74, 6) is 0.130. The minimum Gasteiger partial charge on any atom is -0.379 e. The summed E-state index contributed by atoms with van der Waals surface area (Å²) in [6.45, 7) is 0.771. The van der Waals surface area contributed by atoms with Gasteiger partial charge >= 0.3 is 0 Å². The smallest absolute Gasteiger partial charge is 0.264 e. The molecule has 2 heterocycles. The lowest BCUT2D eigenvalue weighted by molar-refractivity contribution is 0.0512. The molecule has 0 aliphatic carbocycles. The van der Waals surface area contributed by atoms with E-state index >= 15 is 0 Å². The number of benzene rings is 1. The molecule has 1 aromatic heterocycles. The average molecular weight is 301 g/mol. The van der Waals surface area contributed by atoms with Gasteiger partial charge in [-0.15, -0.1) is 11.3 Å². The number of amides is 1.